The Balaban J connectivity index is 2.02. The minimum Gasteiger partial charge on any atom is -0.382 e. The van der Waals surface area contributed by atoms with E-state index in [9.17, 15) is 4.79 Å². The molecule has 0 aliphatic heterocycles. The molecular weight excluding hydrogens is 288 g/mol. The Morgan fingerprint density at radius 2 is 2.33 bits per heavy atom. The van der Waals surface area contributed by atoms with Gasteiger partial charge in [0.05, 0.1) is 6.20 Å². The molecule has 0 spiro atoms. The van der Waals surface area contributed by atoms with Crippen molar-refractivity contribution in [1.29, 1.82) is 0 Å². The summed E-state index contributed by atoms with van der Waals surface area (Å²) in [6.45, 7) is 3.39. The first kappa shape index (κ1) is 15.3. The van der Waals surface area contributed by atoms with Crippen molar-refractivity contribution in [2.75, 3.05) is 24.2 Å². The van der Waals surface area contributed by atoms with Crippen LogP contribution in [0, 0.1) is 0 Å². The second kappa shape index (κ2) is 6.57. The SMILES string of the molecule is CCCN(C)c1nc(N)c(C(=O)NCc2cnn(C)c2)s1. The molecule has 2 rings (SSSR count). The number of carbonyl (C=O) groups excluding carboxylic acids is 1. The summed E-state index contributed by atoms with van der Waals surface area (Å²) in [6.07, 6.45) is 4.59. The Morgan fingerprint density at radius 1 is 1.57 bits per heavy atom. The first-order valence-electron chi connectivity index (χ1n) is 6.74. The molecule has 0 aliphatic carbocycles. The number of anilines is 2. The topological polar surface area (TPSA) is 89.1 Å². The largest absolute Gasteiger partial charge is 0.382 e. The van der Waals surface area contributed by atoms with Crippen LogP contribution in [-0.2, 0) is 13.6 Å². The molecule has 0 aromatic carbocycles. The molecule has 8 heteroatoms. The van der Waals surface area contributed by atoms with Crippen LogP contribution in [-0.4, -0.2) is 34.3 Å². The minimum atomic E-state index is -0.204. The van der Waals surface area contributed by atoms with Crippen LogP contribution in [0.3, 0.4) is 0 Å². The molecule has 0 atom stereocenters. The number of nitrogens with one attached hydrogen (secondary N) is 1. The van der Waals surface area contributed by atoms with Gasteiger partial charge in [-0.25, -0.2) is 4.98 Å². The van der Waals surface area contributed by atoms with Gasteiger partial charge in [-0.3, -0.25) is 9.48 Å². The van der Waals surface area contributed by atoms with E-state index in [1.165, 1.54) is 11.3 Å². The number of nitrogens with two attached hydrogens (primary N) is 1. The van der Waals surface area contributed by atoms with Crippen LogP contribution >= 0.6 is 11.3 Å². The summed E-state index contributed by atoms with van der Waals surface area (Å²) in [6, 6.07) is 0. The van der Waals surface area contributed by atoms with Crippen LogP contribution in [0.1, 0.15) is 28.6 Å². The Bertz CT molecular complexity index is 620. The zero-order chi connectivity index (χ0) is 15.4. The van der Waals surface area contributed by atoms with Gasteiger partial charge in [0, 0.05) is 38.9 Å². The van der Waals surface area contributed by atoms with Crippen LogP contribution in [0.2, 0.25) is 0 Å². The van der Waals surface area contributed by atoms with Gasteiger partial charge in [0.1, 0.15) is 10.7 Å². The zero-order valence-corrected chi connectivity index (χ0v) is 13.3. The number of hydrogen-bond acceptors (Lipinski definition) is 6. The van der Waals surface area contributed by atoms with E-state index >= 15 is 0 Å². The number of amides is 1. The highest BCUT2D eigenvalue weighted by atomic mass is 32.1. The standard InChI is InChI=1S/C13H20N6OS/c1-4-5-18(2)13-17-11(14)10(21-13)12(20)15-6-9-7-16-19(3)8-9/h7-8H,4-6,14H2,1-3H3,(H,15,20). The Labute approximate surface area is 127 Å². The maximum atomic E-state index is 12.2. The van der Waals surface area contributed by atoms with Gasteiger partial charge < -0.3 is 16.0 Å². The highest BCUT2D eigenvalue weighted by molar-refractivity contribution is 7.18. The molecule has 0 bridgehead atoms. The molecule has 2 aromatic rings. The molecule has 1 amide bonds. The van der Waals surface area contributed by atoms with Crippen molar-refractivity contribution in [3.63, 3.8) is 0 Å². The molecule has 2 heterocycles. The molecule has 0 saturated carbocycles. The summed E-state index contributed by atoms with van der Waals surface area (Å²) in [5.74, 6) is 0.0756. The summed E-state index contributed by atoms with van der Waals surface area (Å²) in [5, 5.41) is 7.65. The third-order valence-electron chi connectivity index (χ3n) is 2.95. The highest BCUT2D eigenvalue weighted by Crippen LogP contribution is 2.27. The molecule has 114 valence electrons. The average Bonchev–Trinajstić information content (AvgIpc) is 3.02. The van der Waals surface area contributed by atoms with Gasteiger partial charge in [-0.1, -0.05) is 18.3 Å². The van der Waals surface area contributed by atoms with E-state index in [4.69, 9.17) is 5.73 Å². The van der Waals surface area contributed by atoms with Crippen LogP contribution in [0.25, 0.3) is 0 Å². The lowest BCUT2D eigenvalue weighted by molar-refractivity contribution is 0.0955. The number of aryl methyl sites for hydroxylation is 1. The van der Waals surface area contributed by atoms with Crippen LogP contribution < -0.4 is 16.0 Å². The van der Waals surface area contributed by atoms with Gasteiger partial charge in [0.2, 0.25) is 0 Å². The molecule has 7 nitrogen and oxygen atoms in total. The lowest BCUT2D eigenvalue weighted by Crippen LogP contribution is -2.22. The van der Waals surface area contributed by atoms with Gasteiger partial charge >= 0.3 is 0 Å². The fourth-order valence-corrected chi connectivity index (χ4v) is 2.79. The molecule has 0 saturated heterocycles. The Morgan fingerprint density at radius 3 is 2.95 bits per heavy atom. The van der Waals surface area contributed by atoms with Crippen molar-refractivity contribution in [1.82, 2.24) is 20.1 Å². The molecule has 21 heavy (non-hydrogen) atoms. The smallest absolute Gasteiger partial charge is 0.265 e. The first-order chi connectivity index (χ1) is 10.0. The molecule has 0 unspecified atom stereocenters. The van der Waals surface area contributed by atoms with E-state index in [1.807, 2.05) is 25.2 Å². The third kappa shape index (κ3) is 3.72. The number of aromatic nitrogens is 3. The average molecular weight is 308 g/mol. The third-order valence-corrected chi connectivity index (χ3v) is 4.13. The second-order valence-corrected chi connectivity index (χ2v) is 5.81. The molecule has 0 fully saturated rings. The maximum absolute atomic E-state index is 12.2. The van der Waals surface area contributed by atoms with Crippen molar-refractivity contribution in [2.24, 2.45) is 7.05 Å². The van der Waals surface area contributed by atoms with E-state index in [0.717, 1.165) is 23.7 Å². The number of nitrogen functional groups attached to an aromatic ring is 1. The van der Waals surface area contributed by atoms with E-state index < -0.39 is 0 Å². The van der Waals surface area contributed by atoms with E-state index in [2.05, 4.69) is 22.3 Å². The van der Waals surface area contributed by atoms with Crippen LogP contribution in [0.15, 0.2) is 12.4 Å². The van der Waals surface area contributed by atoms with Gasteiger partial charge in [-0.15, -0.1) is 0 Å². The highest BCUT2D eigenvalue weighted by Gasteiger charge is 2.17. The van der Waals surface area contributed by atoms with Crippen LogP contribution in [0.5, 0.6) is 0 Å². The number of hydrogen-bond donors (Lipinski definition) is 2. The molecule has 0 aliphatic rings. The maximum Gasteiger partial charge on any atom is 0.265 e. The van der Waals surface area contributed by atoms with E-state index in [0.29, 0.717) is 11.4 Å². The summed E-state index contributed by atoms with van der Waals surface area (Å²) in [4.78, 5) is 18.9. The number of nitrogens with zero attached hydrogens (tertiary/aromatic N) is 4. The fraction of sp³-hybridized carbons (Fsp3) is 0.462. The lowest BCUT2D eigenvalue weighted by atomic mass is 10.3. The summed E-state index contributed by atoms with van der Waals surface area (Å²) >= 11 is 1.31. The van der Waals surface area contributed by atoms with Crippen molar-refractivity contribution in [2.45, 2.75) is 19.9 Å². The van der Waals surface area contributed by atoms with Crippen molar-refractivity contribution < 1.29 is 4.79 Å². The number of carbonyl (C=O) groups is 1. The fourth-order valence-electron chi connectivity index (χ4n) is 1.90. The van der Waals surface area contributed by atoms with E-state index in [1.54, 1.807) is 10.9 Å². The second-order valence-electron chi connectivity index (χ2n) is 4.84. The van der Waals surface area contributed by atoms with Crippen LogP contribution in [0.4, 0.5) is 10.9 Å². The predicted octanol–water partition coefficient (Wildman–Crippen LogP) is 1.23. The normalized spacial score (nSPS) is 10.6. The van der Waals surface area contributed by atoms with Crippen molar-refractivity contribution in [3.05, 3.63) is 22.8 Å². The molecular formula is C13H20N6OS. The lowest BCUT2D eigenvalue weighted by Gasteiger charge is -2.13. The van der Waals surface area contributed by atoms with Gasteiger partial charge in [0.25, 0.3) is 5.91 Å². The minimum absolute atomic E-state index is 0.204. The Hall–Kier alpha value is -2.09. The number of rotatable bonds is 6. The van der Waals surface area contributed by atoms with Crippen molar-refractivity contribution in [3.8, 4) is 0 Å². The van der Waals surface area contributed by atoms with Crippen molar-refractivity contribution >= 4 is 28.2 Å². The summed E-state index contributed by atoms with van der Waals surface area (Å²) in [7, 11) is 3.78. The molecule has 3 N–H and O–H groups in total. The quantitative estimate of drug-likeness (QED) is 0.838. The van der Waals surface area contributed by atoms with E-state index in [-0.39, 0.29) is 11.7 Å². The van der Waals surface area contributed by atoms with Gasteiger partial charge in [0.15, 0.2) is 5.13 Å². The summed E-state index contributed by atoms with van der Waals surface area (Å²) in [5.41, 5.74) is 6.79. The predicted molar refractivity (Wildman–Crippen MR) is 84.5 cm³/mol. The van der Waals surface area contributed by atoms with Gasteiger partial charge in [-0.05, 0) is 6.42 Å². The van der Waals surface area contributed by atoms with Gasteiger partial charge in [-0.2, -0.15) is 5.10 Å². The molecule has 0 radical (unpaired) electrons. The summed E-state index contributed by atoms with van der Waals surface area (Å²) < 4.78 is 1.69. The Kier molecular flexibility index (Phi) is 4.79. The molecule has 2 aromatic heterocycles. The number of thiazole rings is 1. The zero-order valence-electron chi connectivity index (χ0n) is 12.5. The first-order valence-corrected chi connectivity index (χ1v) is 7.56. The monoisotopic (exact) mass is 308 g/mol.